The van der Waals surface area contributed by atoms with Crippen molar-refractivity contribution in [3.05, 3.63) is 70.2 Å². The second-order valence-electron chi connectivity index (χ2n) is 6.69. The van der Waals surface area contributed by atoms with Crippen LogP contribution in [0, 0.1) is 6.92 Å². The first-order valence-corrected chi connectivity index (χ1v) is 11.2. The monoisotopic (exact) mass is 452 g/mol. The maximum absolute atomic E-state index is 12.4. The van der Waals surface area contributed by atoms with Crippen molar-refractivity contribution in [1.82, 2.24) is 9.97 Å². The highest BCUT2D eigenvalue weighted by Crippen LogP contribution is 2.33. The van der Waals surface area contributed by atoms with E-state index in [2.05, 4.69) is 9.97 Å². The molecule has 0 aliphatic heterocycles. The number of benzene rings is 2. The molecule has 0 unspecified atom stereocenters. The fourth-order valence-electron chi connectivity index (χ4n) is 2.88. The Balaban J connectivity index is 1.41. The van der Waals surface area contributed by atoms with Crippen LogP contribution in [0.15, 0.2) is 53.2 Å². The van der Waals surface area contributed by atoms with Crippen LogP contribution in [-0.2, 0) is 11.3 Å². The molecule has 8 heteroatoms. The summed E-state index contributed by atoms with van der Waals surface area (Å²) in [5, 5.41) is 5.19. The first kappa shape index (κ1) is 21.0. The van der Waals surface area contributed by atoms with Gasteiger partial charge in [-0.15, -0.1) is 22.7 Å². The van der Waals surface area contributed by atoms with Crippen LogP contribution in [-0.4, -0.2) is 30.2 Å². The van der Waals surface area contributed by atoms with Gasteiger partial charge in [0, 0.05) is 21.9 Å². The van der Waals surface area contributed by atoms with Crippen LogP contribution < -0.4 is 9.47 Å². The summed E-state index contributed by atoms with van der Waals surface area (Å²) in [6.45, 7) is 2.11. The van der Waals surface area contributed by atoms with Crippen LogP contribution in [0.2, 0.25) is 0 Å². The number of carbonyl (C=O) groups is 1. The molecule has 0 spiro atoms. The minimum absolute atomic E-state index is 0.0833. The lowest BCUT2D eigenvalue weighted by Crippen LogP contribution is -2.05. The normalized spacial score (nSPS) is 10.7. The van der Waals surface area contributed by atoms with Crippen LogP contribution in [0.25, 0.3) is 21.1 Å². The third-order valence-corrected chi connectivity index (χ3v) is 6.38. The number of carbonyl (C=O) groups excluding carboxylic acids is 1. The highest BCUT2D eigenvalue weighted by molar-refractivity contribution is 7.13. The third kappa shape index (κ3) is 4.76. The summed E-state index contributed by atoms with van der Waals surface area (Å²) in [6.07, 6.45) is 0. The van der Waals surface area contributed by atoms with Crippen LogP contribution in [0.5, 0.6) is 11.5 Å². The van der Waals surface area contributed by atoms with Gasteiger partial charge in [-0.1, -0.05) is 29.8 Å². The van der Waals surface area contributed by atoms with Gasteiger partial charge in [0.25, 0.3) is 0 Å². The molecular formula is C23H20N2O4S2. The molecule has 4 rings (SSSR count). The zero-order valence-corrected chi connectivity index (χ0v) is 18.9. The molecule has 0 atom stereocenters. The number of hydrogen-bond acceptors (Lipinski definition) is 8. The molecule has 0 radical (unpaired) electrons. The summed E-state index contributed by atoms with van der Waals surface area (Å²) < 4.78 is 16.0. The first-order chi connectivity index (χ1) is 15.1. The molecule has 0 aliphatic carbocycles. The molecule has 0 N–H and O–H groups in total. The second-order valence-corrected chi connectivity index (χ2v) is 8.41. The van der Waals surface area contributed by atoms with E-state index >= 15 is 0 Å². The Morgan fingerprint density at radius 3 is 2.29 bits per heavy atom. The quantitative estimate of drug-likeness (QED) is 0.339. The van der Waals surface area contributed by atoms with Gasteiger partial charge in [-0.3, -0.25) is 0 Å². The minimum Gasteiger partial charge on any atom is -0.493 e. The van der Waals surface area contributed by atoms with Crippen molar-refractivity contribution in [3.63, 3.8) is 0 Å². The van der Waals surface area contributed by atoms with Crippen molar-refractivity contribution in [2.24, 2.45) is 0 Å². The zero-order chi connectivity index (χ0) is 21.8. The van der Waals surface area contributed by atoms with E-state index in [1.54, 1.807) is 19.6 Å². The number of hydrogen-bond donors (Lipinski definition) is 0. The summed E-state index contributed by atoms with van der Waals surface area (Å²) in [6, 6.07) is 13.7. The smallest absolute Gasteiger partial charge is 0.358 e. The van der Waals surface area contributed by atoms with E-state index in [0.29, 0.717) is 22.9 Å². The largest absolute Gasteiger partial charge is 0.493 e. The first-order valence-electron chi connectivity index (χ1n) is 9.44. The molecule has 0 fully saturated rings. The van der Waals surface area contributed by atoms with Crippen molar-refractivity contribution in [3.8, 4) is 32.6 Å². The summed E-state index contributed by atoms with van der Waals surface area (Å²) in [5.74, 6) is 0.830. The van der Waals surface area contributed by atoms with E-state index in [9.17, 15) is 4.79 Å². The van der Waals surface area contributed by atoms with Gasteiger partial charge in [-0.05, 0) is 25.1 Å². The van der Waals surface area contributed by atoms with Crippen molar-refractivity contribution >= 4 is 28.6 Å². The van der Waals surface area contributed by atoms with Crippen molar-refractivity contribution < 1.29 is 19.0 Å². The Bertz CT molecular complexity index is 1200. The van der Waals surface area contributed by atoms with Gasteiger partial charge in [-0.25, -0.2) is 14.8 Å². The highest BCUT2D eigenvalue weighted by atomic mass is 32.1. The fourth-order valence-corrected chi connectivity index (χ4v) is 4.48. The molecule has 158 valence electrons. The molecular weight excluding hydrogens is 432 g/mol. The molecule has 0 saturated heterocycles. The molecule has 2 aromatic carbocycles. The number of esters is 1. The second kappa shape index (κ2) is 9.28. The number of aromatic nitrogens is 2. The fraction of sp³-hybridized carbons (Fsp3) is 0.174. The van der Waals surface area contributed by atoms with Gasteiger partial charge < -0.3 is 14.2 Å². The maximum Gasteiger partial charge on any atom is 0.358 e. The Morgan fingerprint density at radius 1 is 0.871 bits per heavy atom. The van der Waals surface area contributed by atoms with Crippen LogP contribution in [0.1, 0.15) is 21.7 Å². The average Bonchev–Trinajstić information content (AvgIpc) is 3.48. The van der Waals surface area contributed by atoms with Crippen molar-refractivity contribution in [1.29, 1.82) is 0 Å². The lowest BCUT2D eigenvalue weighted by atomic mass is 10.2. The van der Waals surface area contributed by atoms with E-state index in [1.165, 1.54) is 28.2 Å². The van der Waals surface area contributed by atoms with Gasteiger partial charge in [0.2, 0.25) is 0 Å². The predicted octanol–water partition coefficient (Wildman–Crippen LogP) is 5.62. The predicted molar refractivity (Wildman–Crippen MR) is 122 cm³/mol. The van der Waals surface area contributed by atoms with E-state index in [4.69, 9.17) is 14.2 Å². The lowest BCUT2D eigenvalue weighted by molar-refractivity contribution is 0.0462. The Kier molecular flexibility index (Phi) is 6.29. The average molecular weight is 453 g/mol. The molecule has 2 heterocycles. The van der Waals surface area contributed by atoms with Crippen molar-refractivity contribution in [2.75, 3.05) is 14.2 Å². The topological polar surface area (TPSA) is 70.5 Å². The highest BCUT2D eigenvalue weighted by Gasteiger charge is 2.15. The number of ether oxygens (including phenoxy) is 3. The summed E-state index contributed by atoms with van der Waals surface area (Å²) >= 11 is 2.89. The van der Waals surface area contributed by atoms with E-state index in [0.717, 1.165) is 21.1 Å². The summed E-state index contributed by atoms with van der Waals surface area (Å²) in [5.41, 5.74) is 4.04. The van der Waals surface area contributed by atoms with E-state index in [-0.39, 0.29) is 6.61 Å². The molecule has 6 nitrogen and oxygen atoms in total. The molecule has 0 aliphatic rings. The molecule has 0 saturated carbocycles. The van der Waals surface area contributed by atoms with Gasteiger partial charge in [0.15, 0.2) is 17.2 Å². The summed E-state index contributed by atoms with van der Waals surface area (Å²) in [4.78, 5) is 21.4. The molecule has 0 bridgehead atoms. The number of methoxy groups -OCH3 is 2. The zero-order valence-electron chi connectivity index (χ0n) is 17.2. The van der Waals surface area contributed by atoms with Crippen LogP contribution in [0.3, 0.4) is 0 Å². The maximum atomic E-state index is 12.4. The van der Waals surface area contributed by atoms with Gasteiger partial charge in [0.05, 0.1) is 19.9 Å². The Hall–Kier alpha value is -3.23. The van der Waals surface area contributed by atoms with Crippen molar-refractivity contribution in [2.45, 2.75) is 13.5 Å². The molecule has 2 aromatic heterocycles. The molecule has 0 amide bonds. The SMILES string of the molecule is COc1ccc(-c2nc(COC(=O)c3csc(-c4ccc(C)cc4)n3)cs2)cc1OC. The lowest BCUT2D eigenvalue weighted by Gasteiger charge is -2.08. The van der Waals surface area contributed by atoms with Crippen LogP contribution >= 0.6 is 22.7 Å². The molecule has 4 aromatic rings. The number of rotatable bonds is 7. The van der Waals surface area contributed by atoms with Gasteiger partial charge >= 0.3 is 5.97 Å². The summed E-state index contributed by atoms with van der Waals surface area (Å²) in [7, 11) is 3.19. The standard InChI is InChI=1S/C23H20N2O4S2/c1-14-4-6-15(7-5-14)21-25-18(13-31-21)23(26)29-11-17-12-30-22(24-17)16-8-9-19(27-2)20(10-16)28-3/h4-10,12-13H,11H2,1-3H3. The Labute approximate surface area is 188 Å². The van der Waals surface area contributed by atoms with Gasteiger partial charge in [0.1, 0.15) is 16.6 Å². The van der Waals surface area contributed by atoms with E-state index in [1.807, 2.05) is 54.8 Å². The van der Waals surface area contributed by atoms with Crippen LogP contribution in [0.4, 0.5) is 0 Å². The number of aryl methyl sites for hydroxylation is 1. The molecule has 31 heavy (non-hydrogen) atoms. The minimum atomic E-state index is -0.463. The van der Waals surface area contributed by atoms with E-state index < -0.39 is 5.97 Å². The third-order valence-electron chi connectivity index (χ3n) is 4.55. The van der Waals surface area contributed by atoms with Gasteiger partial charge in [-0.2, -0.15) is 0 Å². The number of nitrogens with zero attached hydrogens (tertiary/aromatic N) is 2. The number of thiazole rings is 2. The Morgan fingerprint density at radius 2 is 1.55 bits per heavy atom.